The first-order valence-electron chi connectivity index (χ1n) is 8.32. The molecule has 0 aliphatic carbocycles. The van der Waals surface area contributed by atoms with E-state index in [9.17, 15) is 18.8 Å². The lowest BCUT2D eigenvalue weighted by molar-refractivity contribution is 0.102. The third-order valence-electron chi connectivity index (χ3n) is 3.90. The van der Waals surface area contributed by atoms with Crippen LogP contribution in [0.15, 0.2) is 66.7 Å². The minimum Gasteiger partial charge on any atom is -0.407 e. The van der Waals surface area contributed by atoms with Gasteiger partial charge in [0.25, 0.3) is 5.91 Å². The lowest BCUT2D eigenvalue weighted by Gasteiger charge is -2.08. The molecule has 146 valence electrons. The molecule has 0 saturated heterocycles. The molecule has 0 heterocycles. The molecule has 3 aromatic rings. The number of halogens is 2. The summed E-state index contributed by atoms with van der Waals surface area (Å²) in [6, 6.07) is 16.0. The maximum Gasteiger partial charge on any atom is 0.410 e. The summed E-state index contributed by atoms with van der Waals surface area (Å²) in [5.74, 6) is -2.03. The summed E-state index contributed by atoms with van der Waals surface area (Å²) >= 11 is 5.88. The van der Waals surface area contributed by atoms with Crippen LogP contribution in [0.2, 0.25) is 5.02 Å². The highest BCUT2D eigenvalue weighted by molar-refractivity contribution is 6.31. The Bertz CT molecular complexity index is 1100. The van der Waals surface area contributed by atoms with Crippen molar-refractivity contribution in [2.45, 2.75) is 0 Å². The Balaban J connectivity index is 1.75. The number of nitrogens with two attached hydrogens (primary N) is 1. The number of ketones is 1. The lowest BCUT2D eigenvalue weighted by Crippen LogP contribution is -2.17. The van der Waals surface area contributed by atoms with Crippen molar-refractivity contribution in [1.29, 1.82) is 0 Å². The Labute approximate surface area is 170 Å². The van der Waals surface area contributed by atoms with Gasteiger partial charge in [-0.05, 0) is 60.7 Å². The van der Waals surface area contributed by atoms with Gasteiger partial charge >= 0.3 is 6.09 Å². The van der Waals surface area contributed by atoms with Gasteiger partial charge in [-0.15, -0.1) is 0 Å². The van der Waals surface area contributed by atoms with Crippen LogP contribution in [0.1, 0.15) is 26.3 Å². The second-order valence-electron chi connectivity index (χ2n) is 5.94. The Hall–Kier alpha value is -3.71. The van der Waals surface area contributed by atoms with E-state index in [0.717, 1.165) is 12.1 Å². The molecule has 0 unspecified atom stereocenters. The van der Waals surface area contributed by atoms with E-state index >= 15 is 0 Å². The molecule has 0 aliphatic heterocycles. The van der Waals surface area contributed by atoms with E-state index in [4.69, 9.17) is 17.3 Å². The number of amides is 2. The summed E-state index contributed by atoms with van der Waals surface area (Å²) < 4.78 is 18.2. The topological polar surface area (TPSA) is 98.5 Å². The second kappa shape index (κ2) is 8.53. The lowest BCUT2D eigenvalue weighted by atomic mass is 10.0. The summed E-state index contributed by atoms with van der Waals surface area (Å²) in [6.07, 6.45) is -1.19. The summed E-state index contributed by atoms with van der Waals surface area (Å²) in [5.41, 5.74) is 6.16. The average Bonchev–Trinajstić information content (AvgIpc) is 2.69. The maximum absolute atomic E-state index is 13.6. The molecule has 0 aliphatic rings. The smallest absolute Gasteiger partial charge is 0.407 e. The van der Waals surface area contributed by atoms with Crippen molar-refractivity contribution in [3.8, 4) is 5.75 Å². The number of hydrogen-bond acceptors (Lipinski definition) is 4. The van der Waals surface area contributed by atoms with Gasteiger partial charge in [-0.1, -0.05) is 17.7 Å². The summed E-state index contributed by atoms with van der Waals surface area (Å²) in [4.78, 5) is 35.7. The minimum atomic E-state index is -1.19. The fourth-order valence-corrected chi connectivity index (χ4v) is 2.73. The molecule has 8 heteroatoms. The van der Waals surface area contributed by atoms with Crippen molar-refractivity contribution in [3.05, 3.63) is 94.3 Å². The number of nitrogens with one attached hydrogen (secondary N) is 1. The maximum atomic E-state index is 13.6. The molecule has 2 amide bonds. The molecular weight excluding hydrogens is 399 g/mol. The van der Waals surface area contributed by atoms with Gasteiger partial charge in [0.15, 0.2) is 17.3 Å². The van der Waals surface area contributed by atoms with Gasteiger partial charge in [-0.2, -0.15) is 0 Å². The van der Waals surface area contributed by atoms with Crippen LogP contribution in [0.5, 0.6) is 5.75 Å². The van der Waals surface area contributed by atoms with Crippen LogP contribution in [0.4, 0.5) is 14.9 Å². The number of anilines is 1. The van der Waals surface area contributed by atoms with Crippen molar-refractivity contribution in [2.24, 2.45) is 5.73 Å². The fourth-order valence-electron chi connectivity index (χ4n) is 2.54. The van der Waals surface area contributed by atoms with Crippen LogP contribution in [0.3, 0.4) is 0 Å². The Kier molecular flexibility index (Phi) is 5.90. The first kappa shape index (κ1) is 20.0. The minimum absolute atomic E-state index is 0.110. The van der Waals surface area contributed by atoms with E-state index in [1.165, 1.54) is 24.3 Å². The van der Waals surface area contributed by atoms with Gasteiger partial charge in [-0.3, -0.25) is 9.59 Å². The number of benzene rings is 3. The average molecular weight is 413 g/mol. The number of carbonyl (C=O) groups excluding carboxylic acids is 3. The van der Waals surface area contributed by atoms with Crippen molar-refractivity contribution < 1.29 is 23.5 Å². The molecule has 0 aromatic heterocycles. The molecule has 3 aromatic carbocycles. The van der Waals surface area contributed by atoms with Crippen LogP contribution in [-0.4, -0.2) is 17.8 Å². The van der Waals surface area contributed by atoms with E-state index in [-0.39, 0.29) is 11.5 Å². The Morgan fingerprint density at radius 3 is 2.24 bits per heavy atom. The number of primary amides is 1. The van der Waals surface area contributed by atoms with Gasteiger partial charge in [0.05, 0.1) is 0 Å². The van der Waals surface area contributed by atoms with Crippen molar-refractivity contribution in [3.63, 3.8) is 0 Å². The van der Waals surface area contributed by atoms with Crippen LogP contribution in [0, 0.1) is 5.82 Å². The molecule has 0 atom stereocenters. The number of carbonyl (C=O) groups is 3. The fraction of sp³-hybridized carbons (Fsp3) is 0. The highest BCUT2D eigenvalue weighted by atomic mass is 35.5. The van der Waals surface area contributed by atoms with E-state index in [1.54, 1.807) is 30.3 Å². The van der Waals surface area contributed by atoms with Crippen LogP contribution in [0.25, 0.3) is 0 Å². The van der Waals surface area contributed by atoms with Crippen LogP contribution < -0.4 is 15.8 Å². The standard InChI is InChI=1S/C21H14ClFN2O4/c22-15-3-1-2-14(10-15)20(27)25-16-7-4-12(5-8-16)19(26)13-6-9-17(23)18(11-13)29-21(24)28/h1-11H,(H2,24,28)(H,25,27). The summed E-state index contributed by atoms with van der Waals surface area (Å²) in [7, 11) is 0. The van der Waals surface area contributed by atoms with Crippen LogP contribution in [-0.2, 0) is 0 Å². The molecule has 3 rings (SSSR count). The van der Waals surface area contributed by atoms with Crippen molar-refractivity contribution >= 4 is 35.1 Å². The van der Waals surface area contributed by atoms with E-state index < -0.39 is 23.4 Å². The normalized spacial score (nSPS) is 10.3. The van der Waals surface area contributed by atoms with E-state index in [1.807, 2.05) is 0 Å². The number of rotatable bonds is 5. The molecule has 0 bridgehead atoms. The van der Waals surface area contributed by atoms with Crippen LogP contribution >= 0.6 is 11.6 Å². The second-order valence-corrected chi connectivity index (χ2v) is 6.37. The number of ether oxygens (including phenoxy) is 1. The van der Waals surface area contributed by atoms with Gasteiger partial charge in [0, 0.05) is 27.4 Å². The van der Waals surface area contributed by atoms with Gasteiger partial charge < -0.3 is 15.8 Å². The Morgan fingerprint density at radius 2 is 1.59 bits per heavy atom. The third-order valence-corrected chi connectivity index (χ3v) is 4.13. The van der Waals surface area contributed by atoms with E-state index in [0.29, 0.717) is 21.8 Å². The summed E-state index contributed by atoms with van der Waals surface area (Å²) in [6.45, 7) is 0. The largest absolute Gasteiger partial charge is 0.410 e. The third kappa shape index (κ3) is 4.97. The molecule has 6 nitrogen and oxygen atoms in total. The predicted octanol–water partition coefficient (Wildman–Crippen LogP) is 4.42. The zero-order valence-electron chi connectivity index (χ0n) is 14.8. The zero-order valence-corrected chi connectivity index (χ0v) is 15.6. The Morgan fingerprint density at radius 1 is 0.897 bits per heavy atom. The first-order chi connectivity index (χ1) is 13.8. The quantitative estimate of drug-likeness (QED) is 0.606. The highest BCUT2D eigenvalue weighted by Gasteiger charge is 2.15. The zero-order chi connectivity index (χ0) is 21.0. The van der Waals surface area contributed by atoms with Gasteiger partial charge in [-0.25, -0.2) is 9.18 Å². The molecular formula is C21H14ClFN2O4. The molecule has 0 fully saturated rings. The molecule has 0 radical (unpaired) electrons. The summed E-state index contributed by atoms with van der Waals surface area (Å²) in [5, 5.41) is 3.14. The van der Waals surface area contributed by atoms with E-state index in [2.05, 4.69) is 10.1 Å². The molecule has 0 saturated carbocycles. The molecule has 3 N–H and O–H groups in total. The first-order valence-corrected chi connectivity index (χ1v) is 8.70. The van der Waals surface area contributed by atoms with Crippen molar-refractivity contribution in [2.75, 3.05) is 5.32 Å². The van der Waals surface area contributed by atoms with Gasteiger partial charge in [0.2, 0.25) is 0 Å². The SMILES string of the molecule is NC(=O)Oc1cc(C(=O)c2ccc(NC(=O)c3cccc(Cl)c3)cc2)ccc1F. The molecule has 0 spiro atoms. The highest BCUT2D eigenvalue weighted by Crippen LogP contribution is 2.22. The number of hydrogen-bond donors (Lipinski definition) is 2. The predicted molar refractivity (Wildman–Crippen MR) is 106 cm³/mol. The monoisotopic (exact) mass is 412 g/mol. The molecule has 29 heavy (non-hydrogen) atoms. The van der Waals surface area contributed by atoms with Crippen molar-refractivity contribution in [1.82, 2.24) is 0 Å². The van der Waals surface area contributed by atoms with Gasteiger partial charge in [0.1, 0.15) is 0 Å².